The van der Waals surface area contributed by atoms with Gasteiger partial charge in [0.25, 0.3) is 5.91 Å². The van der Waals surface area contributed by atoms with Gasteiger partial charge >= 0.3 is 5.97 Å². The van der Waals surface area contributed by atoms with Crippen molar-refractivity contribution in [3.05, 3.63) is 47.7 Å². The van der Waals surface area contributed by atoms with Gasteiger partial charge in [-0.2, -0.15) is 0 Å². The predicted molar refractivity (Wildman–Crippen MR) is 87.5 cm³/mol. The number of ether oxygens (including phenoxy) is 1. The second-order valence-electron chi connectivity index (χ2n) is 5.67. The molecule has 2 aromatic rings. The van der Waals surface area contributed by atoms with Gasteiger partial charge in [-0.3, -0.25) is 4.79 Å². The molecule has 0 radical (unpaired) electrons. The van der Waals surface area contributed by atoms with Crippen LogP contribution in [0.2, 0.25) is 0 Å². The molecule has 1 aromatic carbocycles. The third-order valence-corrected chi connectivity index (χ3v) is 3.84. The van der Waals surface area contributed by atoms with Gasteiger partial charge in [-0.25, -0.2) is 9.18 Å². The fourth-order valence-corrected chi connectivity index (χ4v) is 2.53. The molecule has 1 aromatic heterocycles. The maximum atomic E-state index is 14.1. The van der Waals surface area contributed by atoms with E-state index in [4.69, 9.17) is 14.3 Å². The standard InChI is InChI=1S/C17H17FN2O5/c18-13-7-11(3-4-14(13)19-8-12-2-1-5-24-12)20-16(21)15-6-10(9-25-15)17(22)23/h3-4,6-7,9,12,19H,1-2,5,8H2,(H,20,21)(H,22,23). The van der Waals surface area contributed by atoms with Crippen LogP contribution in [0.1, 0.15) is 33.8 Å². The van der Waals surface area contributed by atoms with Crippen LogP contribution in [-0.2, 0) is 4.74 Å². The van der Waals surface area contributed by atoms with Crippen molar-refractivity contribution in [2.45, 2.75) is 18.9 Å². The first kappa shape index (κ1) is 17.0. The minimum atomic E-state index is -1.20. The monoisotopic (exact) mass is 348 g/mol. The highest BCUT2D eigenvalue weighted by Gasteiger charge is 2.17. The lowest BCUT2D eigenvalue weighted by Gasteiger charge is -2.13. The predicted octanol–water partition coefficient (Wildman–Crippen LogP) is 2.96. The Balaban J connectivity index is 1.61. The van der Waals surface area contributed by atoms with Gasteiger partial charge in [0.2, 0.25) is 0 Å². The second-order valence-corrected chi connectivity index (χ2v) is 5.67. The molecule has 8 heteroatoms. The number of aromatic carboxylic acids is 1. The van der Waals surface area contributed by atoms with E-state index in [2.05, 4.69) is 10.6 Å². The smallest absolute Gasteiger partial charge is 0.338 e. The van der Waals surface area contributed by atoms with E-state index >= 15 is 0 Å². The lowest BCUT2D eigenvalue weighted by Crippen LogP contribution is -2.19. The molecule has 25 heavy (non-hydrogen) atoms. The quantitative estimate of drug-likeness (QED) is 0.742. The highest BCUT2D eigenvalue weighted by Crippen LogP contribution is 2.21. The van der Waals surface area contributed by atoms with Crippen LogP contribution in [0.25, 0.3) is 0 Å². The van der Waals surface area contributed by atoms with Crippen LogP contribution in [0.3, 0.4) is 0 Å². The summed E-state index contributed by atoms with van der Waals surface area (Å²) in [5, 5.41) is 14.3. The molecule has 3 rings (SSSR count). The van der Waals surface area contributed by atoms with Crippen molar-refractivity contribution >= 4 is 23.3 Å². The van der Waals surface area contributed by atoms with E-state index in [9.17, 15) is 14.0 Å². The molecular formula is C17H17FN2O5. The van der Waals surface area contributed by atoms with Gasteiger partial charge in [-0.1, -0.05) is 0 Å². The first-order chi connectivity index (χ1) is 12.0. The summed E-state index contributed by atoms with van der Waals surface area (Å²) in [5.74, 6) is -2.54. The van der Waals surface area contributed by atoms with Gasteiger partial charge in [-0.05, 0) is 31.0 Å². The topological polar surface area (TPSA) is 101 Å². The Kier molecular flexibility index (Phi) is 4.99. The molecule has 1 unspecified atom stereocenters. The van der Waals surface area contributed by atoms with Crippen molar-refractivity contribution in [1.29, 1.82) is 0 Å². The fraction of sp³-hybridized carbons (Fsp3) is 0.294. The highest BCUT2D eigenvalue weighted by molar-refractivity contribution is 6.03. The molecule has 1 aliphatic heterocycles. The first-order valence-electron chi connectivity index (χ1n) is 7.81. The lowest BCUT2D eigenvalue weighted by atomic mass is 10.2. The number of carbonyl (C=O) groups excluding carboxylic acids is 1. The molecular weight excluding hydrogens is 331 g/mol. The minimum absolute atomic E-state index is 0.0844. The van der Waals surface area contributed by atoms with E-state index in [0.717, 1.165) is 31.8 Å². The van der Waals surface area contributed by atoms with Crippen LogP contribution in [-0.4, -0.2) is 36.2 Å². The maximum Gasteiger partial charge on any atom is 0.338 e. The van der Waals surface area contributed by atoms with Crippen molar-refractivity contribution in [1.82, 2.24) is 0 Å². The molecule has 1 aliphatic rings. The molecule has 1 fully saturated rings. The minimum Gasteiger partial charge on any atom is -0.478 e. The summed E-state index contributed by atoms with van der Waals surface area (Å²) < 4.78 is 24.5. The normalized spacial score (nSPS) is 16.6. The van der Waals surface area contributed by atoms with Gasteiger partial charge in [0.1, 0.15) is 12.1 Å². The maximum absolute atomic E-state index is 14.1. The SMILES string of the molecule is O=C(O)c1coc(C(=O)Nc2ccc(NCC3CCCO3)c(F)c2)c1. The number of amides is 1. The number of anilines is 2. The van der Waals surface area contributed by atoms with Crippen molar-refractivity contribution < 1.29 is 28.2 Å². The summed E-state index contributed by atoms with van der Waals surface area (Å²) >= 11 is 0. The van der Waals surface area contributed by atoms with Crippen molar-refractivity contribution in [2.75, 3.05) is 23.8 Å². The van der Waals surface area contributed by atoms with E-state index in [0.29, 0.717) is 12.2 Å². The molecule has 2 heterocycles. The number of hydrogen-bond acceptors (Lipinski definition) is 5. The number of halogens is 1. The zero-order valence-electron chi connectivity index (χ0n) is 13.3. The highest BCUT2D eigenvalue weighted by atomic mass is 19.1. The third kappa shape index (κ3) is 4.16. The largest absolute Gasteiger partial charge is 0.478 e. The van der Waals surface area contributed by atoms with Crippen LogP contribution in [0.5, 0.6) is 0 Å². The number of carboxylic acid groups (broad SMARTS) is 1. The number of hydrogen-bond donors (Lipinski definition) is 3. The zero-order valence-corrected chi connectivity index (χ0v) is 13.3. The number of rotatable bonds is 6. The number of benzene rings is 1. The van der Waals surface area contributed by atoms with Crippen LogP contribution in [0.4, 0.5) is 15.8 Å². The Labute approximate surface area is 142 Å². The molecule has 1 saturated heterocycles. The summed E-state index contributed by atoms with van der Waals surface area (Å²) in [5.41, 5.74) is 0.420. The summed E-state index contributed by atoms with van der Waals surface area (Å²) in [6, 6.07) is 5.34. The van der Waals surface area contributed by atoms with Gasteiger partial charge in [0.05, 0.1) is 17.4 Å². The Morgan fingerprint density at radius 2 is 2.16 bits per heavy atom. The van der Waals surface area contributed by atoms with E-state index in [1.807, 2.05) is 0 Å². The zero-order chi connectivity index (χ0) is 17.8. The Morgan fingerprint density at radius 3 is 2.80 bits per heavy atom. The van der Waals surface area contributed by atoms with E-state index < -0.39 is 17.7 Å². The van der Waals surface area contributed by atoms with Crippen LogP contribution in [0.15, 0.2) is 34.9 Å². The molecule has 0 spiro atoms. The summed E-state index contributed by atoms with van der Waals surface area (Å²) in [7, 11) is 0. The molecule has 132 valence electrons. The van der Waals surface area contributed by atoms with Crippen molar-refractivity contribution in [3.63, 3.8) is 0 Å². The molecule has 1 amide bonds. The molecule has 0 saturated carbocycles. The van der Waals surface area contributed by atoms with E-state index in [1.54, 1.807) is 6.07 Å². The average molecular weight is 348 g/mol. The molecule has 0 aliphatic carbocycles. The summed E-state index contributed by atoms with van der Waals surface area (Å²) in [6.45, 7) is 1.25. The van der Waals surface area contributed by atoms with E-state index in [-0.39, 0.29) is 23.1 Å². The van der Waals surface area contributed by atoms with Gasteiger partial charge in [0, 0.05) is 24.9 Å². The fourth-order valence-electron chi connectivity index (χ4n) is 2.53. The Bertz CT molecular complexity index is 783. The first-order valence-corrected chi connectivity index (χ1v) is 7.81. The van der Waals surface area contributed by atoms with Crippen LogP contribution < -0.4 is 10.6 Å². The lowest BCUT2D eigenvalue weighted by molar-refractivity contribution is 0.0696. The van der Waals surface area contributed by atoms with Crippen LogP contribution in [0, 0.1) is 5.82 Å². The second kappa shape index (κ2) is 7.35. The summed E-state index contributed by atoms with van der Waals surface area (Å²) in [4.78, 5) is 22.8. The van der Waals surface area contributed by atoms with E-state index in [1.165, 1.54) is 12.1 Å². The Hall–Kier alpha value is -2.87. The Morgan fingerprint density at radius 1 is 1.32 bits per heavy atom. The van der Waals surface area contributed by atoms with Crippen molar-refractivity contribution in [3.8, 4) is 0 Å². The molecule has 3 N–H and O–H groups in total. The number of nitrogens with one attached hydrogen (secondary N) is 2. The number of carboxylic acids is 1. The third-order valence-electron chi connectivity index (χ3n) is 3.84. The number of furan rings is 1. The van der Waals surface area contributed by atoms with Gasteiger partial charge < -0.3 is 24.9 Å². The molecule has 0 bridgehead atoms. The van der Waals surface area contributed by atoms with Crippen molar-refractivity contribution in [2.24, 2.45) is 0 Å². The van der Waals surface area contributed by atoms with Gasteiger partial charge in [0.15, 0.2) is 5.76 Å². The summed E-state index contributed by atoms with van der Waals surface area (Å²) in [6.07, 6.45) is 3.01. The van der Waals surface area contributed by atoms with Gasteiger partial charge in [-0.15, -0.1) is 0 Å². The average Bonchev–Trinajstić information content (AvgIpc) is 3.26. The molecule has 7 nitrogen and oxygen atoms in total. The number of carbonyl (C=O) groups is 2. The van der Waals surface area contributed by atoms with Crippen LogP contribution >= 0.6 is 0 Å². The molecule has 1 atom stereocenters.